The summed E-state index contributed by atoms with van der Waals surface area (Å²) in [6.45, 7) is 2.78. The molecule has 0 aromatic carbocycles. The monoisotopic (exact) mass is 517 g/mol. The molecule has 1 saturated carbocycles. The van der Waals surface area contributed by atoms with Gasteiger partial charge in [0.25, 0.3) is 5.88 Å². The van der Waals surface area contributed by atoms with Crippen molar-refractivity contribution in [3.05, 3.63) is 17.4 Å². The van der Waals surface area contributed by atoms with Gasteiger partial charge in [-0.3, -0.25) is 9.69 Å². The molecule has 9 nitrogen and oxygen atoms in total. The Morgan fingerprint density at radius 2 is 1.81 bits per heavy atom. The van der Waals surface area contributed by atoms with Gasteiger partial charge in [0.1, 0.15) is 17.7 Å². The maximum Gasteiger partial charge on any atom is 0.410 e. The number of carbonyl (C=O) groups is 2. The van der Waals surface area contributed by atoms with Crippen molar-refractivity contribution in [3.63, 3.8) is 0 Å². The second-order valence-corrected chi connectivity index (χ2v) is 9.91. The summed E-state index contributed by atoms with van der Waals surface area (Å²) in [5, 5.41) is 2.72. The number of pyridine rings is 1. The van der Waals surface area contributed by atoms with Gasteiger partial charge >= 0.3 is 12.7 Å². The van der Waals surface area contributed by atoms with Gasteiger partial charge in [0, 0.05) is 18.7 Å². The number of nitrogens with one attached hydrogen (secondary N) is 1. The number of amides is 2. The molecule has 1 N–H and O–H groups in total. The number of aromatic nitrogens is 1. The van der Waals surface area contributed by atoms with Gasteiger partial charge in [-0.25, -0.2) is 9.18 Å². The van der Waals surface area contributed by atoms with Crippen LogP contribution in [0.15, 0.2) is 6.07 Å². The average Bonchev–Trinajstić information content (AvgIpc) is 3.29. The van der Waals surface area contributed by atoms with Crippen molar-refractivity contribution in [1.29, 1.82) is 0 Å². The fraction of sp³-hybridized carbons (Fsp3) is 0.708. The summed E-state index contributed by atoms with van der Waals surface area (Å²) in [5.74, 6) is -1.30. The van der Waals surface area contributed by atoms with Crippen LogP contribution in [0.3, 0.4) is 0 Å². The van der Waals surface area contributed by atoms with E-state index in [9.17, 15) is 22.8 Å². The molecule has 1 aromatic rings. The predicted octanol–water partition coefficient (Wildman–Crippen LogP) is 4.17. The lowest BCUT2D eigenvalue weighted by Gasteiger charge is -2.28. The van der Waals surface area contributed by atoms with Crippen molar-refractivity contribution >= 4 is 12.0 Å². The standard InChI is InChI=1S/C24H34F3N3O6/c1-24(2,3)36-23(32)30-11-5-6-18(30)19(31)28-13-14-12-17(25)21(29-20(14)33-4)34-15-7-9-16(10-8-15)35-22(26)27/h12,15-16,18,22H,5-11,13H2,1-4H3,(H,28,31). The van der Waals surface area contributed by atoms with Crippen LogP contribution in [0.1, 0.15) is 64.9 Å². The van der Waals surface area contributed by atoms with E-state index in [1.807, 2.05) is 0 Å². The van der Waals surface area contributed by atoms with Crippen LogP contribution in [0, 0.1) is 5.82 Å². The van der Waals surface area contributed by atoms with Crippen molar-refractivity contribution < 1.29 is 41.7 Å². The first-order valence-electron chi connectivity index (χ1n) is 12.1. The minimum atomic E-state index is -2.82. The van der Waals surface area contributed by atoms with Crippen molar-refractivity contribution in [2.45, 2.75) is 96.3 Å². The SMILES string of the molecule is COc1nc(OC2CCC(OC(F)F)CC2)c(F)cc1CNC(=O)C1CCCN1C(=O)OC(C)(C)C. The number of likely N-dealkylation sites (tertiary alicyclic amines) is 1. The number of nitrogens with zero attached hydrogens (tertiary/aromatic N) is 2. The lowest BCUT2D eigenvalue weighted by Crippen LogP contribution is -2.47. The van der Waals surface area contributed by atoms with Crippen molar-refractivity contribution in [3.8, 4) is 11.8 Å². The van der Waals surface area contributed by atoms with E-state index < -0.39 is 36.3 Å². The first-order chi connectivity index (χ1) is 17.0. The molecule has 12 heteroatoms. The number of carbonyl (C=O) groups excluding carboxylic acids is 2. The topological polar surface area (TPSA) is 99.2 Å². The van der Waals surface area contributed by atoms with Gasteiger partial charge in [0.2, 0.25) is 11.8 Å². The van der Waals surface area contributed by atoms with Crippen LogP contribution < -0.4 is 14.8 Å². The van der Waals surface area contributed by atoms with Crippen LogP contribution in [0.2, 0.25) is 0 Å². The molecule has 1 atom stereocenters. The molecule has 2 amide bonds. The molecule has 1 aliphatic carbocycles. The molecule has 36 heavy (non-hydrogen) atoms. The molecule has 0 bridgehead atoms. The first kappa shape index (κ1) is 27.8. The van der Waals surface area contributed by atoms with Crippen LogP contribution in [-0.2, 0) is 20.8 Å². The number of alkyl halides is 2. The molecule has 1 saturated heterocycles. The number of hydrogen-bond donors (Lipinski definition) is 1. The second kappa shape index (κ2) is 12.0. The van der Waals surface area contributed by atoms with Crippen LogP contribution in [0.5, 0.6) is 11.8 Å². The van der Waals surface area contributed by atoms with Gasteiger partial charge in [-0.2, -0.15) is 13.8 Å². The Balaban J connectivity index is 1.58. The number of halogens is 3. The predicted molar refractivity (Wildman–Crippen MR) is 122 cm³/mol. The number of rotatable bonds is 8. The minimum Gasteiger partial charge on any atom is -0.481 e. The molecule has 1 unspecified atom stereocenters. The van der Waals surface area contributed by atoms with E-state index in [0.29, 0.717) is 50.6 Å². The summed E-state index contributed by atoms with van der Waals surface area (Å²) < 4.78 is 60.4. The molecule has 202 valence electrons. The Labute approximate surface area is 208 Å². The molecule has 2 aliphatic rings. The van der Waals surface area contributed by atoms with E-state index in [4.69, 9.17) is 14.2 Å². The van der Waals surface area contributed by atoms with Gasteiger partial charge in [-0.1, -0.05) is 0 Å². The largest absolute Gasteiger partial charge is 0.481 e. The molecule has 0 spiro atoms. The van der Waals surface area contributed by atoms with Crippen LogP contribution in [-0.4, -0.2) is 66.0 Å². The molecule has 2 fully saturated rings. The highest BCUT2D eigenvalue weighted by molar-refractivity contribution is 5.86. The van der Waals surface area contributed by atoms with E-state index in [-0.39, 0.29) is 30.3 Å². The fourth-order valence-electron chi connectivity index (χ4n) is 4.35. The Morgan fingerprint density at radius 1 is 1.14 bits per heavy atom. The summed E-state index contributed by atoms with van der Waals surface area (Å²) in [6, 6.07) is 0.489. The van der Waals surface area contributed by atoms with E-state index in [2.05, 4.69) is 15.0 Å². The highest BCUT2D eigenvalue weighted by Crippen LogP contribution is 2.30. The quantitative estimate of drug-likeness (QED) is 0.553. The molecule has 1 aromatic heterocycles. The van der Waals surface area contributed by atoms with Crippen LogP contribution in [0.25, 0.3) is 0 Å². The molecule has 1 aliphatic heterocycles. The molecule has 3 rings (SSSR count). The summed E-state index contributed by atoms with van der Waals surface area (Å²) in [4.78, 5) is 30.8. The van der Waals surface area contributed by atoms with Crippen LogP contribution in [0.4, 0.5) is 18.0 Å². The van der Waals surface area contributed by atoms with Crippen molar-refractivity contribution in [1.82, 2.24) is 15.2 Å². The fourth-order valence-corrected chi connectivity index (χ4v) is 4.35. The lowest BCUT2D eigenvalue weighted by molar-refractivity contribution is -0.173. The Hall–Kier alpha value is -2.76. The zero-order valence-electron chi connectivity index (χ0n) is 21.0. The first-order valence-corrected chi connectivity index (χ1v) is 12.1. The summed E-state index contributed by atoms with van der Waals surface area (Å²) in [7, 11) is 1.36. The normalized spacial score (nSPS) is 22.4. The number of methoxy groups -OCH3 is 1. The van der Waals surface area contributed by atoms with E-state index in [1.54, 1.807) is 20.8 Å². The van der Waals surface area contributed by atoms with E-state index >= 15 is 0 Å². The highest BCUT2D eigenvalue weighted by Gasteiger charge is 2.36. The zero-order chi connectivity index (χ0) is 26.5. The smallest absolute Gasteiger partial charge is 0.410 e. The number of ether oxygens (including phenoxy) is 4. The van der Waals surface area contributed by atoms with Crippen molar-refractivity contribution in [2.75, 3.05) is 13.7 Å². The van der Waals surface area contributed by atoms with Gasteiger partial charge in [0.15, 0.2) is 5.82 Å². The zero-order valence-corrected chi connectivity index (χ0v) is 21.0. The molecular weight excluding hydrogens is 483 g/mol. The van der Waals surface area contributed by atoms with Gasteiger partial charge < -0.3 is 24.3 Å². The summed E-state index contributed by atoms with van der Waals surface area (Å²) in [5.41, 5.74) is -0.383. The maximum atomic E-state index is 14.8. The Morgan fingerprint density at radius 3 is 2.42 bits per heavy atom. The van der Waals surface area contributed by atoms with E-state index in [0.717, 1.165) is 0 Å². The third-order valence-electron chi connectivity index (χ3n) is 6.01. The minimum absolute atomic E-state index is 0.0685. The molecule has 0 radical (unpaired) electrons. The van der Waals surface area contributed by atoms with Gasteiger partial charge in [0.05, 0.1) is 13.2 Å². The van der Waals surface area contributed by atoms with Gasteiger partial charge in [-0.05, 0) is 65.4 Å². The maximum absolute atomic E-state index is 14.8. The van der Waals surface area contributed by atoms with Crippen LogP contribution >= 0.6 is 0 Å². The third-order valence-corrected chi connectivity index (χ3v) is 6.01. The highest BCUT2D eigenvalue weighted by atomic mass is 19.3. The molecular formula is C24H34F3N3O6. The van der Waals surface area contributed by atoms with Gasteiger partial charge in [-0.15, -0.1) is 0 Å². The Bertz CT molecular complexity index is 919. The summed E-state index contributed by atoms with van der Waals surface area (Å²) >= 11 is 0. The Kier molecular flexibility index (Phi) is 9.26. The molecule has 2 heterocycles. The number of hydrogen-bond acceptors (Lipinski definition) is 7. The van der Waals surface area contributed by atoms with Crippen molar-refractivity contribution in [2.24, 2.45) is 0 Å². The second-order valence-electron chi connectivity index (χ2n) is 9.91. The van der Waals surface area contributed by atoms with E-state index in [1.165, 1.54) is 18.1 Å². The lowest BCUT2D eigenvalue weighted by atomic mass is 9.95. The third kappa shape index (κ3) is 7.62. The summed E-state index contributed by atoms with van der Waals surface area (Å²) in [6.07, 6.45) is 1.27. The average molecular weight is 518 g/mol.